The number of ether oxygens (including phenoxy) is 1. The number of nitrogens with one attached hydrogen (secondary N) is 1. The van der Waals surface area contributed by atoms with Crippen molar-refractivity contribution < 1.29 is 19.1 Å². The van der Waals surface area contributed by atoms with Gasteiger partial charge in [0.25, 0.3) is 0 Å². The second kappa shape index (κ2) is 8.66. The van der Waals surface area contributed by atoms with E-state index in [0.717, 1.165) is 23.5 Å². The van der Waals surface area contributed by atoms with Crippen molar-refractivity contribution in [1.29, 1.82) is 0 Å². The van der Waals surface area contributed by atoms with Gasteiger partial charge in [0.2, 0.25) is 11.8 Å². The Morgan fingerprint density at radius 3 is 2.52 bits per heavy atom. The maximum atomic E-state index is 12.6. The van der Waals surface area contributed by atoms with Crippen molar-refractivity contribution in [3.8, 4) is 0 Å². The van der Waals surface area contributed by atoms with E-state index in [1.807, 2.05) is 0 Å². The lowest BCUT2D eigenvalue weighted by molar-refractivity contribution is -0.134. The summed E-state index contributed by atoms with van der Waals surface area (Å²) in [6, 6.07) is 0. The molecular weight excluding hydrogens is 370 g/mol. The van der Waals surface area contributed by atoms with E-state index in [4.69, 9.17) is 4.74 Å². The highest BCUT2D eigenvalue weighted by Crippen LogP contribution is 2.28. The molecule has 0 unspecified atom stereocenters. The normalized spacial score (nSPS) is 17.4. The molecule has 0 aliphatic carbocycles. The van der Waals surface area contributed by atoms with Gasteiger partial charge in [-0.15, -0.1) is 11.3 Å². The fraction of sp³-hybridized carbons (Fsp3) is 0.647. The smallest absolute Gasteiger partial charge is 0.409 e. The van der Waals surface area contributed by atoms with E-state index in [0.29, 0.717) is 51.0 Å². The lowest BCUT2D eigenvalue weighted by atomic mass is 10.2. The number of piperazine rings is 1. The molecule has 1 N–H and O–H groups in total. The summed E-state index contributed by atoms with van der Waals surface area (Å²) in [4.78, 5) is 46.6. The number of rotatable bonds is 4. The van der Waals surface area contributed by atoms with Crippen LogP contribution in [0, 0.1) is 0 Å². The molecule has 10 heteroatoms. The predicted molar refractivity (Wildman–Crippen MR) is 101 cm³/mol. The highest BCUT2D eigenvalue weighted by Gasteiger charge is 2.28. The summed E-state index contributed by atoms with van der Waals surface area (Å²) in [5.41, 5.74) is 1.01. The summed E-state index contributed by atoms with van der Waals surface area (Å²) in [6.07, 6.45) is 0.461. The highest BCUT2D eigenvalue weighted by molar-refractivity contribution is 7.15. The number of fused-ring (bicyclic) bond motifs is 1. The van der Waals surface area contributed by atoms with Gasteiger partial charge in [-0.2, -0.15) is 0 Å². The van der Waals surface area contributed by atoms with Crippen LogP contribution in [-0.2, 0) is 27.3 Å². The maximum absolute atomic E-state index is 12.6. The topological polar surface area (TPSA) is 95.1 Å². The van der Waals surface area contributed by atoms with E-state index in [-0.39, 0.29) is 17.9 Å². The van der Waals surface area contributed by atoms with E-state index >= 15 is 0 Å². The van der Waals surface area contributed by atoms with Gasteiger partial charge in [-0.05, 0) is 6.92 Å². The molecule has 3 rings (SSSR count). The number of hydrogen-bond acceptors (Lipinski definition) is 7. The van der Waals surface area contributed by atoms with Crippen LogP contribution in [0.5, 0.6) is 0 Å². The van der Waals surface area contributed by atoms with Gasteiger partial charge in [0.1, 0.15) is 0 Å². The molecule has 9 nitrogen and oxygen atoms in total. The minimum atomic E-state index is -0.312. The lowest BCUT2D eigenvalue weighted by Crippen LogP contribution is -2.53. The number of carbonyl (C=O) groups is 3. The monoisotopic (exact) mass is 395 g/mol. The molecule has 0 radical (unpaired) electrons. The summed E-state index contributed by atoms with van der Waals surface area (Å²) in [5, 5.41) is 3.34. The first-order valence-electron chi connectivity index (χ1n) is 9.14. The highest BCUT2D eigenvalue weighted by atomic mass is 32.1. The average molecular weight is 395 g/mol. The van der Waals surface area contributed by atoms with Crippen LogP contribution in [0.2, 0.25) is 0 Å². The van der Waals surface area contributed by atoms with Crippen molar-refractivity contribution in [3.63, 3.8) is 0 Å². The van der Waals surface area contributed by atoms with E-state index in [1.165, 1.54) is 18.3 Å². The molecule has 148 valence electrons. The Bertz CT molecular complexity index is 714. The summed E-state index contributed by atoms with van der Waals surface area (Å²) in [5.74, 6) is -0.0522. The van der Waals surface area contributed by atoms with Gasteiger partial charge < -0.3 is 19.9 Å². The Labute approximate surface area is 162 Å². The quantitative estimate of drug-likeness (QED) is 0.809. The van der Waals surface area contributed by atoms with Crippen LogP contribution in [-0.4, -0.2) is 83.5 Å². The first-order chi connectivity index (χ1) is 13.0. The van der Waals surface area contributed by atoms with E-state index < -0.39 is 0 Å². The average Bonchev–Trinajstić information content (AvgIpc) is 3.02. The zero-order valence-corrected chi connectivity index (χ0v) is 16.5. The number of anilines is 1. The zero-order valence-electron chi connectivity index (χ0n) is 15.7. The van der Waals surface area contributed by atoms with Crippen molar-refractivity contribution in [2.45, 2.75) is 26.8 Å². The fourth-order valence-electron chi connectivity index (χ4n) is 3.23. The SMILES string of the molecule is CCOC(=O)N1CCN(C(=O)CN2CCc3nc(NC(C)=O)sc3C2)CC1. The van der Waals surface area contributed by atoms with Gasteiger partial charge in [0.05, 0.1) is 18.8 Å². The first kappa shape index (κ1) is 19.6. The van der Waals surface area contributed by atoms with E-state index in [9.17, 15) is 14.4 Å². The van der Waals surface area contributed by atoms with Crippen LogP contribution in [0.4, 0.5) is 9.93 Å². The van der Waals surface area contributed by atoms with E-state index in [2.05, 4.69) is 15.2 Å². The summed E-state index contributed by atoms with van der Waals surface area (Å²) >= 11 is 1.47. The van der Waals surface area contributed by atoms with Gasteiger partial charge in [0, 0.05) is 57.5 Å². The first-order valence-corrected chi connectivity index (χ1v) is 9.96. The van der Waals surface area contributed by atoms with Crippen LogP contribution in [0.15, 0.2) is 0 Å². The molecule has 0 spiro atoms. The molecule has 0 bridgehead atoms. The second-order valence-electron chi connectivity index (χ2n) is 6.60. The largest absolute Gasteiger partial charge is 0.450 e. The third kappa shape index (κ3) is 4.95. The van der Waals surface area contributed by atoms with Crippen molar-refractivity contribution in [2.75, 3.05) is 51.2 Å². The Morgan fingerprint density at radius 1 is 1.15 bits per heavy atom. The minimum absolute atomic E-state index is 0.0774. The molecule has 0 saturated carbocycles. The maximum Gasteiger partial charge on any atom is 0.409 e. The number of amides is 3. The molecule has 1 aromatic rings. The second-order valence-corrected chi connectivity index (χ2v) is 7.68. The third-order valence-electron chi connectivity index (χ3n) is 4.61. The van der Waals surface area contributed by atoms with Gasteiger partial charge in [0.15, 0.2) is 5.13 Å². The molecular formula is C17H25N5O4S. The predicted octanol–water partition coefficient (Wildman–Crippen LogP) is 0.760. The molecule has 3 amide bonds. The standard InChI is InChI=1S/C17H25N5O4S/c1-3-26-17(25)22-8-6-21(7-9-22)15(24)11-20-5-4-13-14(10-20)27-16(19-13)18-12(2)23/h3-11H2,1-2H3,(H,18,19,23). The third-order valence-corrected chi connectivity index (χ3v) is 5.61. The molecule has 2 aliphatic rings. The fourth-order valence-corrected chi connectivity index (χ4v) is 4.33. The Kier molecular flexibility index (Phi) is 6.27. The van der Waals surface area contributed by atoms with Crippen molar-refractivity contribution >= 4 is 34.4 Å². The Morgan fingerprint density at radius 2 is 1.85 bits per heavy atom. The van der Waals surface area contributed by atoms with Gasteiger partial charge >= 0.3 is 6.09 Å². The van der Waals surface area contributed by atoms with Gasteiger partial charge in [-0.1, -0.05) is 0 Å². The number of thiazole rings is 1. The number of nitrogens with zero attached hydrogens (tertiary/aromatic N) is 4. The van der Waals surface area contributed by atoms with Crippen molar-refractivity contribution in [3.05, 3.63) is 10.6 Å². The van der Waals surface area contributed by atoms with Crippen LogP contribution in [0.1, 0.15) is 24.4 Å². The molecule has 1 saturated heterocycles. The van der Waals surface area contributed by atoms with Gasteiger partial charge in [-0.3, -0.25) is 14.5 Å². The molecule has 3 heterocycles. The van der Waals surface area contributed by atoms with Crippen LogP contribution in [0.25, 0.3) is 0 Å². The molecule has 0 atom stereocenters. The van der Waals surface area contributed by atoms with Crippen molar-refractivity contribution in [2.24, 2.45) is 0 Å². The summed E-state index contributed by atoms with van der Waals surface area (Å²) in [7, 11) is 0. The van der Waals surface area contributed by atoms with Gasteiger partial charge in [-0.25, -0.2) is 9.78 Å². The minimum Gasteiger partial charge on any atom is -0.450 e. The Balaban J connectivity index is 1.49. The van der Waals surface area contributed by atoms with Crippen molar-refractivity contribution in [1.82, 2.24) is 19.7 Å². The molecule has 27 heavy (non-hydrogen) atoms. The number of hydrogen-bond donors (Lipinski definition) is 1. The number of aromatic nitrogens is 1. The lowest BCUT2D eigenvalue weighted by Gasteiger charge is -2.35. The van der Waals surface area contributed by atoms with Crippen LogP contribution < -0.4 is 5.32 Å². The van der Waals surface area contributed by atoms with Crippen LogP contribution >= 0.6 is 11.3 Å². The molecule has 0 aromatic carbocycles. The molecule has 1 aromatic heterocycles. The Hall–Kier alpha value is -2.20. The van der Waals surface area contributed by atoms with Crippen LogP contribution in [0.3, 0.4) is 0 Å². The van der Waals surface area contributed by atoms with E-state index in [1.54, 1.807) is 16.7 Å². The number of carbonyl (C=O) groups excluding carboxylic acids is 3. The molecule has 1 fully saturated rings. The zero-order chi connectivity index (χ0) is 19.4. The summed E-state index contributed by atoms with van der Waals surface area (Å²) in [6.45, 7) is 7.46. The summed E-state index contributed by atoms with van der Waals surface area (Å²) < 4.78 is 5.00. The molecule has 2 aliphatic heterocycles.